The van der Waals surface area contributed by atoms with Gasteiger partial charge in [0.1, 0.15) is 0 Å². The molecule has 4 heteroatoms. The van der Waals surface area contributed by atoms with E-state index in [9.17, 15) is 4.79 Å². The highest BCUT2D eigenvalue weighted by Gasteiger charge is 2.20. The fourth-order valence-corrected chi connectivity index (χ4v) is 3.35. The van der Waals surface area contributed by atoms with Gasteiger partial charge in [0.2, 0.25) is 0 Å². The Morgan fingerprint density at radius 3 is 2.79 bits per heavy atom. The predicted molar refractivity (Wildman–Crippen MR) is 98.6 cm³/mol. The normalized spacial score (nSPS) is 17.6. The summed E-state index contributed by atoms with van der Waals surface area (Å²) in [4.78, 5) is 21.4. The molecule has 1 aromatic heterocycles. The van der Waals surface area contributed by atoms with Gasteiger partial charge in [0.05, 0.1) is 17.4 Å². The molecular weight excluding hydrogens is 298 g/mol. The second kappa shape index (κ2) is 7.47. The van der Waals surface area contributed by atoms with Crippen LogP contribution in [0, 0.1) is 5.92 Å². The second-order valence-electron chi connectivity index (χ2n) is 6.51. The Morgan fingerprint density at radius 1 is 1.29 bits per heavy atom. The summed E-state index contributed by atoms with van der Waals surface area (Å²) in [5, 5.41) is 0. The summed E-state index contributed by atoms with van der Waals surface area (Å²) in [7, 11) is 0. The summed E-state index contributed by atoms with van der Waals surface area (Å²) in [6.45, 7) is 6.99. The number of rotatable bonds is 4. The summed E-state index contributed by atoms with van der Waals surface area (Å²) in [5.74, 6) is 0.692. The lowest BCUT2D eigenvalue weighted by atomic mass is 10.00. The van der Waals surface area contributed by atoms with Crippen molar-refractivity contribution in [2.24, 2.45) is 5.92 Å². The average Bonchev–Trinajstić information content (AvgIpc) is 2.63. The monoisotopic (exact) mass is 323 g/mol. The summed E-state index contributed by atoms with van der Waals surface area (Å²) in [5.41, 5.74) is 2.62. The highest BCUT2D eigenvalue weighted by Crippen LogP contribution is 2.24. The van der Waals surface area contributed by atoms with Gasteiger partial charge in [-0.1, -0.05) is 25.1 Å². The molecule has 0 radical (unpaired) electrons. The van der Waals surface area contributed by atoms with Crippen LogP contribution in [-0.2, 0) is 0 Å². The molecule has 0 spiro atoms. The maximum atomic E-state index is 12.9. The first kappa shape index (κ1) is 16.5. The standard InChI is InChI=1S/C20H25N3O/c1-3-23(18-9-5-4-6-10-18)20(24)17-12-19(14-21-13-17)22-11-7-8-16(2)15-22/h4-6,9-10,12-14,16H,3,7-8,11,15H2,1-2H3. The molecule has 24 heavy (non-hydrogen) atoms. The van der Waals surface area contributed by atoms with E-state index in [0.717, 1.165) is 24.5 Å². The van der Waals surface area contributed by atoms with Crippen LogP contribution in [0.1, 0.15) is 37.0 Å². The van der Waals surface area contributed by atoms with Gasteiger partial charge < -0.3 is 9.80 Å². The fraction of sp³-hybridized carbons (Fsp3) is 0.400. The molecule has 1 aliphatic rings. The van der Waals surface area contributed by atoms with E-state index in [1.54, 1.807) is 11.1 Å². The van der Waals surface area contributed by atoms with E-state index < -0.39 is 0 Å². The van der Waals surface area contributed by atoms with Gasteiger partial charge in [0.25, 0.3) is 5.91 Å². The Kier molecular flexibility index (Phi) is 5.14. The van der Waals surface area contributed by atoms with Crippen LogP contribution in [0.2, 0.25) is 0 Å². The van der Waals surface area contributed by atoms with Gasteiger partial charge in [-0.25, -0.2) is 0 Å². The first-order valence-corrected chi connectivity index (χ1v) is 8.76. The van der Waals surface area contributed by atoms with Crippen LogP contribution < -0.4 is 9.80 Å². The maximum absolute atomic E-state index is 12.9. The van der Waals surface area contributed by atoms with Gasteiger partial charge >= 0.3 is 0 Å². The number of hydrogen-bond acceptors (Lipinski definition) is 3. The molecule has 1 aromatic carbocycles. The van der Waals surface area contributed by atoms with Crippen molar-refractivity contribution in [3.05, 3.63) is 54.4 Å². The van der Waals surface area contributed by atoms with E-state index in [1.165, 1.54) is 12.8 Å². The highest BCUT2D eigenvalue weighted by molar-refractivity contribution is 6.06. The van der Waals surface area contributed by atoms with Crippen LogP contribution in [0.15, 0.2) is 48.8 Å². The third-order valence-corrected chi connectivity index (χ3v) is 4.62. The molecule has 3 rings (SSSR count). The minimum absolute atomic E-state index is 0.00288. The second-order valence-corrected chi connectivity index (χ2v) is 6.51. The summed E-state index contributed by atoms with van der Waals surface area (Å²) < 4.78 is 0. The van der Waals surface area contributed by atoms with E-state index in [4.69, 9.17) is 0 Å². The molecule has 1 aliphatic heterocycles. The van der Waals surface area contributed by atoms with Crippen LogP contribution in [0.4, 0.5) is 11.4 Å². The first-order valence-electron chi connectivity index (χ1n) is 8.76. The average molecular weight is 323 g/mol. The number of piperidine rings is 1. The molecule has 2 aromatic rings. The SMILES string of the molecule is CCN(C(=O)c1cncc(N2CCCC(C)C2)c1)c1ccccc1. The van der Waals surface area contributed by atoms with Crippen LogP contribution in [0.3, 0.4) is 0 Å². The number of aromatic nitrogens is 1. The number of hydrogen-bond donors (Lipinski definition) is 0. The quantitative estimate of drug-likeness (QED) is 0.854. The lowest BCUT2D eigenvalue weighted by Crippen LogP contribution is -2.35. The predicted octanol–water partition coefficient (Wildman–Crippen LogP) is 3.98. The van der Waals surface area contributed by atoms with Crippen molar-refractivity contribution in [1.29, 1.82) is 0 Å². The van der Waals surface area contributed by atoms with Crippen molar-refractivity contribution >= 4 is 17.3 Å². The third-order valence-electron chi connectivity index (χ3n) is 4.62. The highest BCUT2D eigenvalue weighted by atomic mass is 16.2. The largest absolute Gasteiger partial charge is 0.370 e. The van der Waals surface area contributed by atoms with Gasteiger partial charge in [-0.15, -0.1) is 0 Å². The van der Waals surface area contributed by atoms with Gasteiger partial charge in [0, 0.05) is 31.5 Å². The van der Waals surface area contributed by atoms with Gasteiger partial charge in [0.15, 0.2) is 0 Å². The Balaban J connectivity index is 1.83. The van der Waals surface area contributed by atoms with Crippen molar-refractivity contribution in [3.8, 4) is 0 Å². The van der Waals surface area contributed by atoms with E-state index in [2.05, 4.69) is 16.8 Å². The molecule has 4 nitrogen and oxygen atoms in total. The van der Waals surface area contributed by atoms with Crippen molar-refractivity contribution < 1.29 is 4.79 Å². The molecule has 2 heterocycles. The third kappa shape index (κ3) is 3.58. The van der Waals surface area contributed by atoms with E-state index >= 15 is 0 Å². The van der Waals surface area contributed by atoms with Crippen molar-refractivity contribution in [2.45, 2.75) is 26.7 Å². The zero-order valence-corrected chi connectivity index (χ0v) is 14.5. The minimum Gasteiger partial charge on any atom is -0.370 e. The van der Waals surface area contributed by atoms with Crippen molar-refractivity contribution in [1.82, 2.24) is 4.98 Å². The summed E-state index contributed by atoms with van der Waals surface area (Å²) in [6.07, 6.45) is 6.02. The molecule has 0 bridgehead atoms. The topological polar surface area (TPSA) is 36.4 Å². The van der Waals surface area contributed by atoms with Crippen molar-refractivity contribution in [2.75, 3.05) is 29.4 Å². The summed E-state index contributed by atoms with van der Waals surface area (Å²) in [6, 6.07) is 11.8. The molecule has 1 unspecified atom stereocenters. The molecule has 1 fully saturated rings. The molecule has 1 saturated heterocycles. The number of para-hydroxylation sites is 1. The van der Waals surface area contributed by atoms with Crippen LogP contribution >= 0.6 is 0 Å². The lowest BCUT2D eigenvalue weighted by molar-refractivity contribution is 0.0988. The first-order chi connectivity index (χ1) is 11.7. The lowest BCUT2D eigenvalue weighted by Gasteiger charge is -2.32. The molecule has 0 N–H and O–H groups in total. The Labute approximate surface area is 144 Å². The summed E-state index contributed by atoms with van der Waals surface area (Å²) >= 11 is 0. The number of amides is 1. The molecule has 126 valence electrons. The molecule has 1 atom stereocenters. The van der Waals surface area contributed by atoms with E-state index in [-0.39, 0.29) is 5.91 Å². The Hall–Kier alpha value is -2.36. The number of anilines is 2. The maximum Gasteiger partial charge on any atom is 0.259 e. The van der Waals surface area contributed by atoms with Gasteiger partial charge in [-0.2, -0.15) is 0 Å². The van der Waals surface area contributed by atoms with E-state index in [1.807, 2.05) is 49.5 Å². The van der Waals surface area contributed by atoms with E-state index in [0.29, 0.717) is 18.0 Å². The minimum atomic E-state index is 0.00288. The zero-order chi connectivity index (χ0) is 16.9. The molecular formula is C20H25N3O. The number of nitrogens with zero attached hydrogens (tertiary/aromatic N) is 3. The van der Waals surface area contributed by atoms with Crippen LogP contribution in [-0.4, -0.2) is 30.5 Å². The Bertz CT molecular complexity index is 686. The van der Waals surface area contributed by atoms with Crippen molar-refractivity contribution in [3.63, 3.8) is 0 Å². The molecule has 0 aliphatic carbocycles. The van der Waals surface area contributed by atoms with Gasteiger partial charge in [-0.3, -0.25) is 9.78 Å². The fourth-order valence-electron chi connectivity index (χ4n) is 3.35. The number of carbonyl (C=O) groups is 1. The number of benzene rings is 1. The number of carbonyl (C=O) groups excluding carboxylic acids is 1. The number of pyridine rings is 1. The smallest absolute Gasteiger partial charge is 0.259 e. The molecule has 1 amide bonds. The van der Waals surface area contributed by atoms with Crippen LogP contribution in [0.5, 0.6) is 0 Å². The van der Waals surface area contributed by atoms with Gasteiger partial charge in [-0.05, 0) is 43.9 Å². The van der Waals surface area contributed by atoms with Crippen LogP contribution in [0.25, 0.3) is 0 Å². The zero-order valence-electron chi connectivity index (χ0n) is 14.5. The Morgan fingerprint density at radius 2 is 2.08 bits per heavy atom. The molecule has 0 saturated carbocycles.